The molecule has 0 N–H and O–H groups in total. The predicted octanol–water partition coefficient (Wildman–Crippen LogP) is 6.33. The largest absolute Gasteiger partial charge is 0.466 e. The number of hydrogen-bond acceptors (Lipinski definition) is 6. The molecule has 2 aromatic carbocycles. The van der Waals surface area contributed by atoms with Gasteiger partial charge in [0.25, 0.3) is 0 Å². The van der Waals surface area contributed by atoms with Crippen LogP contribution in [0.25, 0.3) is 0 Å². The van der Waals surface area contributed by atoms with Gasteiger partial charge in [0.15, 0.2) is 18.3 Å². The Hall–Kier alpha value is -0.170. The molecule has 146 valence electrons. The highest BCUT2D eigenvalue weighted by Crippen LogP contribution is 2.37. The number of carbonyl (C=O) groups excluding carboxylic acids is 1. The van der Waals surface area contributed by atoms with E-state index in [0.717, 1.165) is 29.3 Å². The molecule has 0 unspecified atom stereocenters. The van der Waals surface area contributed by atoms with E-state index in [-0.39, 0.29) is 12.6 Å². The molecule has 8 heteroatoms. The Morgan fingerprint density at radius 2 is 1.81 bits per heavy atom. The number of halogens is 2. The van der Waals surface area contributed by atoms with E-state index in [0.29, 0.717) is 17.9 Å². The molecular weight excluding hydrogens is 610 g/mol. The van der Waals surface area contributed by atoms with Gasteiger partial charge in [0.1, 0.15) is 11.5 Å². The number of rotatable bonds is 10. The molecule has 0 amide bonds. The van der Waals surface area contributed by atoms with Crippen LogP contribution in [0.3, 0.4) is 0 Å². The second-order valence-corrected chi connectivity index (χ2v) is 9.56. The average molecular weight is 630 g/mol. The third-order valence-electron chi connectivity index (χ3n) is 3.49. The Morgan fingerprint density at radius 3 is 2.41 bits per heavy atom. The first-order valence-corrected chi connectivity index (χ1v) is 12.8. The van der Waals surface area contributed by atoms with Gasteiger partial charge in [-0.3, -0.25) is 4.79 Å². The summed E-state index contributed by atoms with van der Waals surface area (Å²) in [7, 11) is 0. The summed E-state index contributed by atoms with van der Waals surface area (Å²) in [6.45, 7) is 2.43. The number of ether oxygens (including phenoxy) is 3. The molecule has 2 aromatic rings. The molecule has 0 fully saturated rings. The minimum atomic E-state index is 0.0406. The zero-order valence-corrected chi connectivity index (χ0v) is 21.2. The maximum Gasteiger partial charge on any atom is 0.189 e. The van der Waals surface area contributed by atoms with Crippen molar-refractivity contribution < 1.29 is 19.0 Å². The predicted molar refractivity (Wildman–Crippen MR) is 130 cm³/mol. The highest BCUT2D eigenvalue weighted by molar-refractivity contribution is 14.1. The average Bonchev–Trinajstić information content (AvgIpc) is 2.64. The molecule has 0 aromatic heterocycles. The Kier molecular flexibility index (Phi) is 10.0. The molecule has 2 rings (SSSR count). The van der Waals surface area contributed by atoms with E-state index in [9.17, 15) is 4.79 Å². The van der Waals surface area contributed by atoms with Crippen LogP contribution in [0.4, 0.5) is 0 Å². The zero-order chi connectivity index (χ0) is 19.8. The lowest BCUT2D eigenvalue weighted by Gasteiger charge is -2.14. The van der Waals surface area contributed by atoms with E-state index >= 15 is 0 Å². The highest BCUT2D eigenvalue weighted by atomic mass is 127. The van der Waals surface area contributed by atoms with E-state index in [4.69, 9.17) is 14.2 Å². The van der Waals surface area contributed by atoms with Gasteiger partial charge in [0.05, 0.1) is 13.7 Å². The number of carbonyl (C=O) groups is 1. The van der Waals surface area contributed by atoms with Crippen molar-refractivity contribution in [3.63, 3.8) is 0 Å². The fraction of sp³-hybridized carbons (Fsp3) is 0.316. The van der Waals surface area contributed by atoms with Gasteiger partial charge >= 0.3 is 0 Å². The quantitative estimate of drug-likeness (QED) is 0.101. The number of ketones is 1. The van der Waals surface area contributed by atoms with Gasteiger partial charge < -0.3 is 14.2 Å². The number of Topliss-reactive ketones (excluding diaryl/α,β-unsaturated/α-hetero) is 1. The third kappa shape index (κ3) is 6.98. The molecule has 0 bridgehead atoms. The number of benzene rings is 2. The molecule has 0 atom stereocenters. The van der Waals surface area contributed by atoms with Crippen molar-refractivity contribution in [2.24, 2.45) is 0 Å². The van der Waals surface area contributed by atoms with E-state index in [1.165, 1.54) is 0 Å². The first-order valence-electron chi connectivity index (χ1n) is 8.01. The van der Waals surface area contributed by atoms with Gasteiger partial charge in [0.2, 0.25) is 0 Å². The van der Waals surface area contributed by atoms with Crippen LogP contribution in [-0.2, 0) is 4.74 Å². The van der Waals surface area contributed by atoms with Gasteiger partial charge in [-0.05, 0) is 88.9 Å². The molecule has 0 saturated heterocycles. The maximum absolute atomic E-state index is 11.6. The van der Waals surface area contributed by atoms with Crippen molar-refractivity contribution in [2.75, 3.05) is 31.7 Å². The first kappa shape index (κ1) is 23.1. The second-order valence-electron chi connectivity index (χ2n) is 5.40. The lowest BCUT2D eigenvalue weighted by atomic mass is 10.1. The summed E-state index contributed by atoms with van der Waals surface area (Å²) < 4.78 is 19.1. The minimum absolute atomic E-state index is 0.0406. The fourth-order valence-corrected chi connectivity index (χ4v) is 4.91. The summed E-state index contributed by atoms with van der Waals surface area (Å²) in [5, 5.41) is 0. The van der Waals surface area contributed by atoms with Crippen LogP contribution in [0.5, 0.6) is 17.2 Å². The molecule has 0 saturated carbocycles. The summed E-state index contributed by atoms with van der Waals surface area (Å²) in [4.78, 5) is 12.6. The van der Waals surface area contributed by atoms with Crippen molar-refractivity contribution in [1.29, 1.82) is 0 Å². The second kappa shape index (κ2) is 11.7. The third-order valence-corrected chi connectivity index (χ3v) is 6.44. The van der Waals surface area contributed by atoms with Crippen LogP contribution < -0.4 is 9.47 Å². The molecule has 0 aliphatic rings. The molecule has 0 spiro atoms. The van der Waals surface area contributed by atoms with Crippen molar-refractivity contribution in [3.8, 4) is 17.2 Å². The molecule has 0 heterocycles. The van der Waals surface area contributed by atoms with Crippen molar-refractivity contribution in [3.05, 3.63) is 43.0 Å². The Morgan fingerprint density at radius 1 is 1.11 bits per heavy atom. The smallest absolute Gasteiger partial charge is 0.189 e. The van der Waals surface area contributed by atoms with Crippen LogP contribution in [0, 0.1) is 7.14 Å². The molecular formula is C19H20I2O4S2. The lowest BCUT2D eigenvalue weighted by molar-refractivity contribution is 0.0221. The van der Waals surface area contributed by atoms with Crippen LogP contribution in [0.15, 0.2) is 35.2 Å². The van der Waals surface area contributed by atoms with E-state index in [2.05, 4.69) is 45.2 Å². The standard InChI is InChI=1S/C19H20I2O4S2/c1-12(22)13-8-15(20)19(16(21)9-13)25-14-4-5-18(27-3)17(10-14)24-11-23-6-7-26-2/h4-5,8-10H,6-7,11H2,1-3H3. The van der Waals surface area contributed by atoms with Gasteiger partial charge in [-0.1, -0.05) is 0 Å². The summed E-state index contributed by atoms with van der Waals surface area (Å²) in [6.07, 6.45) is 4.05. The first-order chi connectivity index (χ1) is 13.0. The van der Waals surface area contributed by atoms with Crippen LogP contribution in [-0.4, -0.2) is 37.4 Å². The summed E-state index contributed by atoms with van der Waals surface area (Å²) in [5.41, 5.74) is 0.681. The Labute approximate surface area is 195 Å². The molecule has 0 radical (unpaired) electrons. The van der Waals surface area contributed by atoms with Gasteiger partial charge in [-0.25, -0.2) is 0 Å². The molecule has 27 heavy (non-hydrogen) atoms. The monoisotopic (exact) mass is 630 g/mol. The van der Waals surface area contributed by atoms with Crippen molar-refractivity contribution >= 4 is 74.5 Å². The SMILES string of the molecule is CSCCOCOc1cc(Oc2c(I)cc(C(C)=O)cc2I)ccc1SC. The van der Waals surface area contributed by atoms with Gasteiger partial charge in [-0.15, -0.1) is 11.8 Å². The molecule has 4 nitrogen and oxygen atoms in total. The molecule has 0 aliphatic heterocycles. The van der Waals surface area contributed by atoms with E-state index in [1.807, 2.05) is 42.8 Å². The van der Waals surface area contributed by atoms with Crippen molar-refractivity contribution in [2.45, 2.75) is 11.8 Å². The Bertz CT molecular complexity index is 776. The van der Waals surface area contributed by atoms with Crippen LogP contribution in [0.2, 0.25) is 0 Å². The topological polar surface area (TPSA) is 44.8 Å². The Balaban J connectivity index is 2.17. The summed E-state index contributed by atoms with van der Waals surface area (Å²) in [6, 6.07) is 9.44. The fourth-order valence-electron chi connectivity index (χ4n) is 2.12. The molecule has 0 aliphatic carbocycles. The zero-order valence-electron chi connectivity index (χ0n) is 15.2. The lowest BCUT2D eigenvalue weighted by Crippen LogP contribution is -2.06. The normalized spacial score (nSPS) is 10.7. The van der Waals surface area contributed by atoms with E-state index in [1.54, 1.807) is 30.4 Å². The highest BCUT2D eigenvalue weighted by Gasteiger charge is 2.13. The summed E-state index contributed by atoms with van der Waals surface area (Å²) >= 11 is 7.73. The maximum atomic E-state index is 11.6. The van der Waals surface area contributed by atoms with Gasteiger partial charge in [-0.2, -0.15) is 11.8 Å². The number of thioether (sulfide) groups is 2. The van der Waals surface area contributed by atoms with Crippen LogP contribution in [0.1, 0.15) is 17.3 Å². The van der Waals surface area contributed by atoms with Crippen LogP contribution >= 0.6 is 68.7 Å². The van der Waals surface area contributed by atoms with E-state index < -0.39 is 0 Å². The minimum Gasteiger partial charge on any atom is -0.466 e. The van der Waals surface area contributed by atoms with Gasteiger partial charge in [0, 0.05) is 22.3 Å². The van der Waals surface area contributed by atoms with Crippen molar-refractivity contribution in [1.82, 2.24) is 0 Å². The number of hydrogen-bond donors (Lipinski definition) is 0. The summed E-state index contributed by atoms with van der Waals surface area (Å²) in [5.74, 6) is 3.13.